The number of benzene rings is 3. The third kappa shape index (κ3) is 3.17. The number of ketones is 1. The summed E-state index contributed by atoms with van der Waals surface area (Å²) in [5.41, 5.74) is 2.40. The zero-order chi connectivity index (χ0) is 17.1. The van der Waals surface area contributed by atoms with Crippen LogP contribution in [0.5, 0.6) is 0 Å². The highest BCUT2D eigenvalue weighted by atomic mass is 16.1. The molecular formula is C22H17N2O+. The van der Waals surface area contributed by atoms with E-state index in [0.29, 0.717) is 17.8 Å². The fraction of sp³-hybridized carbons (Fsp3) is 0.0455. The molecule has 1 heterocycles. The number of fused-ring (bicyclic) bond motifs is 1. The zero-order valence-electron chi connectivity index (χ0n) is 13.7. The summed E-state index contributed by atoms with van der Waals surface area (Å²) in [5, 5.41) is 2.19. The topological polar surface area (TPSA) is 33.8 Å². The van der Waals surface area contributed by atoms with E-state index < -0.39 is 0 Å². The molecule has 0 saturated carbocycles. The summed E-state index contributed by atoms with van der Waals surface area (Å²) in [7, 11) is 0. The van der Waals surface area contributed by atoms with Gasteiger partial charge >= 0.3 is 0 Å². The number of hydrogen-bond acceptors (Lipinski definition) is 2. The third-order valence-corrected chi connectivity index (χ3v) is 4.28. The minimum Gasteiger partial charge on any atom is -0.282 e. The molecular weight excluding hydrogens is 308 g/mol. The first-order chi connectivity index (χ1) is 12.3. The third-order valence-electron chi connectivity index (χ3n) is 4.28. The van der Waals surface area contributed by atoms with Crippen molar-refractivity contribution >= 4 is 16.6 Å². The predicted molar refractivity (Wildman–Crippen MR) is 97.4 cm³/mol. The van der Waals surface area contributed by atoms with Crippen LogP contribution in [0, 0.1) is 0 Å². The molecule has 120 valence electrons. The molecule has 0 aliphatic heterocycles. The van der Waals surface area contributed by atoms with Crippen molar-refractivity contribution in [1.82, 2.24) is 4.98 Å². The Morgan fingerprint density at radius 1 is 0.880 bits per heavy atom. The largest absolute Gasteiger partial charge is 0.282 e. The first-order valence-corrected chi connectivity index (χ1v) is 8.22. The van der Waals surface area contributed by atoms with Crippen LogP contribution >= 0.6 is 0 Å². The lowest BCUT2D eigenvalue weighted by Gasteiger charge is -2.05. The van der Waals surface area contributed by atoms with Crippen molar-refractivity contribution in [2.75, 3.05) is 0 Å². The molecule has 4 aromatic rings. The molecule has 3 heteroatoms. The van der Waals surface area contributed by atoms with Gasteiger partial charge in [0.05, 0.1) is 6.20 Å². The maximum atomic E-state index is 13.0. The SMILES string of the molecule is O=C(c1ccc2ccccc2c1)c1cncc[n+]1Cc1ccccc1. The van der Waals surface area contributed by atoms with Gasteiger partial charge in [0.15, 0.2) is 12.7 Å². The van der Waals surface area contributed by atoms with Crippen LogP contribution in [0.1, 0.15) is 21.6 Å². The van der Waals surface area contributed by atoms with Gasteiger partial charge < -0.3 is 0 Å². The van der Waals surface area contributed by atoms with E-state index >= 15 is 0 Å². The van der Waals surface area contributed by atoms with Crippen LogP contribution in [-0.2, 0) is 6.54 Å². The van der Waals surface area contributed by atoms with Crippen molar-refractivity contribution < 1.29 is 9.36 Å². The molecule has 0 atom stereocenters. The Balaban J connectivity index is 1.72. The van der Waals surface area contributed by atoms with Crippen LogP contribution in [-0.4, -0.2) is 10.8 Å². The van der Waals surface area contributed by atoms with Crippen LogP contribution in [0.2, 0.25) is 0 Å². The number of rotatable bonds is 4. The molecule has 0 fully saturated rings. The van der Waals surface area contributed by atoms with Crippen LogP contribution in [0.15, 0.2) is 91.4 Å². The Hall–Kier alpha value is -3.33. The second-order valence-electron chi connectivity index (χ2n) is 5.97. The maximum Gasteiger partial charge on any atom is 0.272 e. The van der Waals surface area contributed by atoms with Gasteiger partial charge in [-0.1, -0.05) is 66.7 Å². The summed E-state index contributed by atoms with van der Waals surface area (Å²) in [5.74, 6) is -0.0187. The number of aromatic nitrogens is 2. The smallest absolute Gasteiger partial charge is 0.272 e. The molecule has 0 unspecified atom stereocenters. The maximum absolute atomic E-state index is 13.0. The Morgan fingerprint density at radius 3 is 2.48 bits per heavy atom. The fourth-order valence-corrected chi connectivity index (χ4v) is 2.97. The molecule has 0 aliphatic rings. The fourth-order valence-electron chi connectivity index (χ4n) is 2.97. The molecule has 1 aromatic heterocycles. The summed E-state index contributed by atoms with van der Waals surface area (Å²) in [6.45, 7) is 0.637. The Labute approximate surface area is 146 Å². The van der Waals surface area contributed by atoms with Crippen molar-refractivity contribution in [1.29, 1.82) is 0 Å². The van der Waals surface area contributed by atoms with E-state index in [1.165, 1.54) is 0 Å². The Morgan fingerprint density at radius 2 is 1.64 bits per heavy atom. The average molecular weight is 325 g/mol. The van der Waals surface area contributed by atoms with Crippen molar-refractivity contribution in [3.63, 3.8) is 0 Å². The van der Waals surface area contributed by atoms with Gasteiger partial charge in [0, 0.05) is 11.1 Å². The minimum absolute atomic E-state index is 0.0187. The van der Waals surface area contributed by atoms with E-state index in [-0.39, 0.29) is 5.78 Å². The Kier molecular flexibility index (Phi) is 4.05. The van der Waals surface area contributed by atoms with E-state index in [0.717, 1.165) is 16.3 Å². The molecule has 0 saturated heterocycles. The van der Waals surface area contributed by atoms with Gasteiger partial charge in [0.2, 0.25) is 0 Å². The number of carbonyl (C=O) groups excluding carboxylic acids is 1. The second kappa shape index (κ2) is 6.65. The Bertz CT molecular complexity index is 1040. The molecule has 0 aliphatic carbocycles. The van der Waals surface area contributed by atoms with E-state index in [1.807, 2.05) is 71.4 Å². The summed E-state index contributed by atoms with van der Waals surface area (Å²) in [6, 6.07) is 24.0. The molecule has 0 radical (unpaired) electrons. The van der Waals surface area contributed by atoms with E-state index in [2.05, 4.69) is 17.1 Å². The van der Waals surface area contributed by atoms with Gasteiger partial charge in [-0.2, -0.15) is 4.57 Å². The van der Waals surface area contributed by atoms with Crippen molar-refractivity contribution in [2.24, 2.45) is 0 Å². The van der Waals surface area contributed by atoms with Crippen LogP contribution < -0.4 is 4.57 Å². The lowest BCUT2D eigenvalue weighted by molar-refractivity contribution is -0.690. The zero-order valence-corrected chi connectivity index (χ0v) is 13.7. The quantitative estimate of drug-likeness (QED) is 0.422. The molecule has 25 heavy (non-hydrogen) atoms. The van der Waals surface area contributed by atoms with Gasteiger partial charge in [0.25, 0.3) is 11.5 Å². The summed E-state index contributed by atoms with van der Waals surface area (Å²) in [4.78, 5) is 17.2. The van der Waals surface area contributed by atoms with Crippen molar-refractivity contribution in [3.05, 3.63) is 108 Å². The lowest BCUT2D eigenvalue weighted by Crippen LogP contribution is -2.41. The molecule has 0 amide bonds. The van der Waals surface area contributed by atoms with E-state index in [9.17, 15) is 4.79 Å². The summed E-state index contributed by atoms with van der Waals surface area (Å²) < 4.78 is 1.94. The first-order valence-electron chi connectivity index (χ1n) is 8.22. The van der Waals surface area contributed by atoms with Crippen LogP contribution in [0.3, 0.4) is 0 Å². The van der Waals surface area contributed by atoms with Crippen molar-refractivity contribution in [2.45, 2.75) is 6.54 Å². The second-order valence-corrected chi connectivity index (χ2v) is 5.97. The predicted octanol–water partition coefficient (Wildman–Crippen LogP) is 3.80. The highest BCUT2D eigenvalue weighted by Crippen LogP contribution is 2.17. The molecule has 0 N–H and O–H groups in total. The van der Waals surface area contributed by atoms with Crippen LogP contribution in [0.25, 0.3) is 10.8 Å². The number of hydrogen-bond donors (Lipinski definition) is 0. The number of carbonyl (C=O) groups is 1. The van der Waals surface area contributed by atoms with Gasteiger partial charge in [-0.05, 0) is 16.8 Å². The standard InChI is InChI=1S/C22H17N2O/c25-22(20-11-10-18-8-4-5-9-19(18)14-20)21-15-23-12-13-24(21)16-17-6-2-1-3-7-17/h1-15H,16H2/q+1. The van der Waals surface area contributed by atoms with Gasteiger partial charge in [0.1, 0.15) is 6.20 Å². The lowest BCUT2D eigenvalue weighted by atomic mass is 10.0. The average Bonchev–Trinajstić information content (AvgIpc) is 2.68. The van der Waals surface area contributed by atoms with Crippen LogP contribution in [0.4, 0.5) is 0 Å². The monoisotopic (exact) mass is 325 g/mol. The highest BCUT2D eigenvalue weighted by molar-refractivity contribution is 6.08. The highest BCUT2D eigenvalue weighted by Gasteiger charge is 2.21. The molecule has 3 nitrogen and oxygen atoms in total. The first kappa shape index (κ1) is 15.2. The van der Waals surface area contributed by atoms with Gasteiger partial charge in [-0.3, -0.25) is 9.78 Å². The molecule has 0 spiro atoms. The molecule has 0 bridgehead atoms. The van der Waals surface area contributed by atoms with E-state index in [1.54, 1.807) is 12.4 Å². The molecule has 4 rings (SSSR count). The number of nitrogens with zero attached hydrogens (tertiary/aromatic N) is 2. The normalized spacial score (nSPS) is 10.7. The van der Waals surface area contributed by atoms with Gasteiger partial charge in [-0.25, -0.2) is 0 Å². The minimum atomic E-state index is -0.0187. The van der Waals surface area contributed by atoms with Gasteiger partial charge in [-0.15, -0.1) is 0 Å². The summed E-state index contributed by atoms with van der Waals surface area (Å²) >= 11 is 0. The van der Waals surface area contributed by atoms with Crippen molar-refractivity contribution in [3.8, 4) is 0 Å². The molecule has 3 aromatic carbocycles. The summed E-state index contributed by atoms with van der Waals surface area (Å²) in [6.07, 6.45) is 5.20. The van der Waals surface area contributed by atoms with E-state index in [4.69, 9.17) is 0 Å².